The van der Waals surface area contributed by atoms with E-state index in [4.69, 9.17) is 10.4 Å². The highest BCUT2D eigenvalue weighted by atomic mass is 32.2. The molecule has 0 fully saturated rings. The topological polar surface area (TPSA) is 40.0 Å². The molecular weight excluding hydrogens is 563 g/mol. The smallest absolute Gasteiger partial charge is 0.116 e. The van der Waals surface area contributed by atoms with E-state index in [0.717, 1.165) is 45.2 Å². The van der Waals surface area contributed by atoms with Crippen molar-refractivity contribution >= 4 is 50.6 Å². The van der Waals surface area contributed by atoms with Gasteiger partial charge in [-0.15, -0.1) is 11.8 Å². The number of hydrogen-bond donors (Lipinski definition) is 1. The van der Waals surface area contributed by atoms with Gasteiger partial charge >= 0.3 is 0 Å². The van der Waals surface area contributed by atoms with Crippen LogP contribution < -0.4 is 0 Å². The third-order valence-corrected chi connectivity index (χ3v) is 10.8. The zero-order valence-corrected chi connectivity index (χ0v) is 26.3. The zero-order valence-electron chi connectivity index (χ0n) is 24.7. The Labute approximate surface area is 263 Å². The molecule has 1 N–H and O–H groups in total. The summed E-state index contributed by atoms with van der Waals surface area (Å²) in [5.41, 5.74) is 7.44. The van der Waals surface area contributed by atoms with Gasteiger partial charge in [0.05, 0.1) is 10.1 Å². The second-order valence-electron chi connectivity index (χ2n) is 10.8. The van der Waals surface area contributed by atoms with Crippen molar-refractivity contribution in [3.63, 3.8) is 0 Å². The van der Waals surface area contributed by atoms with E-state index in [9.17, 15) is 0 Å². The van der Waals surface area contributed by atoms with Gasteiger partial charge in [-0.05, 0) is 65.6 Å². The molecule has 1 atom stereocenters. The predicted octanol–water partition coefficient (Wildman–Crippen LogP) is 9.71. The molecule has 1 unspecified atom stereocenters. The molecule has 0 amide bonds. The van der Waals surface area contributed by atoms with Crippen molar-refractivity contribution in [3.05, 3.63) is 162 Å². The molecule has 0 saturated carbocycles. The normalized spacial score (nSPS) is 15.4. The Balaban J connectivity index is 1.54. The van der Waals surface area contributed by atoms with E-state index < -0.39 is 5.54 Å². The molecule has 0 aliphatic carbocycles. The number of allylic oxidation sites excluding steroid dienone is 2. The standard InChI is InChI=1S/C38H35N3S2/c1-27(39)34(28-19-20-35-33(25-28)32(23-24-40-35)36-21-22-37(42-3)43-36)26-41(2)38(29-13-7-4-8-14-29,30-15-9-5-10-16-30)31-17-11-6-12-18-31/h4-21,23-26,37,39H,22H2,1-3H3/b34-26+,39-27?. The van der Waals surface area contributed by atoms with Crippen molar-refractivity contribution in [3.8, 4) is 0 Å². The first kappa shape index (κ1) is 29.0. The number of nitrogens with one attached hydrogen (secondary N) is 1. The number of fused-ring (bicyclic) bond motifs is 1. The molecule has 1 aliphatic rings. The summed E-state index contributed by atoms with van der Waals surface area (Å²) in [7, 11) is 2.13. The Morgan fingerprint density at radius 1 is 0.884 bits per heavy atom. The summed E-state index contributed by atoms with van der Waals surface area (Å²) in [5, 5.41) is 10.1. The maximum absolute atomic E-state index is 8.95. The molecular formula is C38H35N3S2. The van der Waals surface area contributed by atoms with E-state index in [0.29, 0.717) is 10.3 Å². The number of nitrogens with zero attached hydrogens (tertiary/aromatic N) is 2. The minimum absolute atomic E-state index is 0.511. The third-order valence-electron chi connectivity index (χ3n) is 8.17. The number of rotatable bonds is 9. The fourth-order valence-electron chi connectivity index (χ4n) is 6.11. The molecule has 0 spiro atoms. The first-order valence-corrected chi connectivity index (χ1v) is 16.6. The quantitative estimate of drug-likeness (QED) is 0.136. The van der Waals surface area contributed by atoms with Gasteiger partial charge in [0, 0.05) is 41.0 Å². The lowest BCUT2D eigenvalue weighted by molar-refractivity contribution is 0.282. The molecule has 1 aromatic heterocycles. The van der Waals surface area contributed by atoms with Gasteiger partial charge in [-0.1, -0.05) is 103 Å². The van der Waals surface area contributed by atoms with Gasteiger partial charge in [-0.25, -0.2) is 0 Å². The average molecular weight is 598 g/mol. The molecule has 1 aliphatic heterocycles. The molecule has 2 heterocycles. The summed E-state index contributed by atoms with van der Waals surface area (Å²) >= 11 is 3.84. The summed E-state index contributed by atoms with van der Waals surface area (Å²) in [6.45, 7) is 1.88. The molecule has 0 radical (unpaired) electrons. The Morgan fingerprint density at radius 3 is 1.98 bits per heavy atom. The lowest BCUT2D eigenvalue weighted by Crippen LogP contribution is -2.43. The maximum atomic E-state index is 8.95. The number of pyridine rings is 1. The van der Waals surface area contributed by atoms with Crippen LogP contribution in [-0.4, -0.2) is 33.5 Å². The minimum atomic E-state index is -0.619. The number of thioether (sulfide) groups is 2. The first-order valence-electron chi connectivity index (χ1n) is 14.5. The summed E-state index contributed by atoms with van der Waals surface area (Å²) < 4.78 is 0.552. The SMILES string of the molecule is CSC1CC=C(c2ccnc3ccc(/C(=C/N(C)C(c4ccccc4)(c4ccccc4)c4ccccc4)C(C)=N)cc23)S1. The molecule has 214 valence electrons. The first-order chi connectivity index (χ1) is 21.0. The molecule has 43 heavy (non-hydrogen) atoms. The van der Waals surface area contributed by atoms with Crippen LogP contribution in [-0.2, 0) is 5.54 Å². The van der Waals surface area contributed by atoms with Crippen LogP contribution in [0.3, 0.4) is 0 Å². The van der Waals surface area contributed by atoms with Crippen LogP contribution in [0.25, 0.3) is 21.4 Å². The van der Waals surface area contributed by atoms with Crippen molar-refractivity contribution in [2.45, 2.75) is 23.5 Å². The van der Waals surface area contributed by atoms with Gasteiger partial charge in [0.25, 0.3) is 0 Å². The molecule has 5 heteroatoms. The van der Waals surface area contributed by atoms with Crippen molar-refractivity contribution in [2.24, 2.45) is 0 Å². The van der Waals surface area contributed by atoms with Crippen molar-refractivity contribution in [1.29, 1.82) is 5.41 Å². The van der Waals surface area contributed by atoms with Crippen LogP contribution in [0.2, 0.25) is 0 Å². The number of hydrogen-bond acceptors (Lipinski definition) is 5. The Bertz CT molecular complexity index is 1700. The van der Waals surface area contributed by atoms with Gasteiger partial charge in [0.1, 0.15) is 5.54 Å². The fraction of sp³-hybridized carbons (Fsp3) is 0.158. The van der Waals surface area contributed by atoms with Crippen molar-refractivity contribution in [2.75, 3.05) is 13.3 Å². The van der Waals surface area contributed by atoms with Crippen LogP contribution in [0.15, 0.2) is 134 Å². The van der Waals surface area contributed by atoms with Crippen molar-refractivity contribution < 1.29 is 0 Å². The van der Waals surface area contributed by atoms with E-state index in [1.54, 1.807) is 0 Å². The largest absolute Gasteiger partial charge is 0.362 e. The monoisotopic (exact) mass is 597 g/mol. The van der Waals surface area contributed by atoms with Crippen LogP contribution in [0.5, 0.6) is 0 Å². The number of aromatic nitrogens is 1. The van der Waals surface area contributed by atoms with E-state index in [2.05, 4.69) is 146 Å². The van der Waals surface area contributed by atoms with E-state index in [1.165, 1.54) is 10.5 Å². The summed E-state index contributed by atoms with van der Waals surface area (Å²) in [6, 6.07) is 40.5. The second-order valence-corrected chi connectivity index (χ2v) is 13.3. The average Bonchev–Trinajstić information content (AvgIpc) is 3.54. The van der Waals surface area contributed by atoms with Gasteiger partial charge in [-0.3, -0.25) is 4.98 Å². The van der Waals surface area contributed by atoms with Gasteiger partial charge in [0.2, 0.25) is 0 Å². The number of benzene rings is 4. The Hall–Kier alpha value is -4.06. The Morgan fingerprint density at radius 2 is 1.47 bits per heavy atom. The molecule has 0 bridgehead atoms. The molecule has 0 saturated heterocycles. The van der Waals surface area contributed by atoms with Crippen LogP contribution in [0.1, 0.15) is 41.2 Å². The van der Waals surface area contributed by atoms with E-state index in [-0.39, 0.29) is 0 Å². The summed E-state index contributed by atoms with van der Waals surface area (Å²) in [5.74, 6) is 0. The second kappa shape index (κ2) is 12.7. The zero-order chi connectivity index (χ0) is 29.8. The van der Waals surface area contributed by atoms with E-state index >= 15 is 0 Å². The van der Waals surface area contributed by atoms with Crippen molar-refractivity contribution in [1.82, 2.24) is 9.88 Å². The van der Waals surface area contributed by atoms with Gasteiger partial charge in [0.15, 0.2) is 0 Å². The predicted molar refractivity (Wildman–Crippen MR) is 188 cm³/mol. The Kier molecular flexibility index (Phi) is 8.55. The summed E-state index contributed by atoms with van der Waals surface area (Å²) in [4.78, 5) is 8.29. The lowest BCUT2D eigenvalue weighted by atomic mass is 9.76. The molecule has 4 aromatic carbocycles. The molecule has 3 nitrogen and oxygen atoms in total. The lowest BCUT2D eigenvalue weighted by Gasteiger charge is -2.43. The van der Waals surface area contributed by atoms with Gasteiger partial charge < -0.3 is 10.3 Å². The fourth-order valence-corrected chi connectivity index (χ4v) is 8.07. The molecule has 6 rings (SSSR count). The van der Waals surface area contributed by atoms with Gasteiger partial charge in [-0.2, -0.15) is 11.8 Å². The highest BCUT2D eigenvalue weighted by Crippen LogP contribution is 2.46. The van der Waals surface area contributed by atoms with Crippen LogP contribution >= 0.6 is 23.5 Å². The summed E-state index contributed by atoms with van der Waals surface area (Å²) in [6.07, 6.45) is 9.66. The van der Waals surface area contributed by atoms with Crippen LogP contribution in [0, 0.1) is 5.41 Å². The highest BCUT2D eigenvalue weighted by Gasteiger charge is 2.39. The van der Waals surface area contributed by atoms with E-state index in [1.807, 2.05) is 36.6 Å². The minimum Gasteiger partial charge on any atom is -0.362 e. The maximum Gasteiger partial charge on any atom is 0.116 e. The molecule has 5 aromatic rings. The van der Waals surface area contributed by atoms with Crippen LogP contribution in [0.4, 0.5) is 0 Å². The third kappa shape index (κ3) is 5.55. The highest BCUT2D eigenvalue weighted by molar-refractivity contribution is 8.21.